The summed E-state index contributed by atoms with van der Waals surface area (Å²) < 4.78 is 28.9. The molecule has 0 spiro atoms. The molecule has 7 heteroatoms. The van der Waals surface area contributed by atoms with Gasteiger partial charge in [-0.1, -0.05) is 6.07 Å². The Hall–Kier alpha value is -2.38. The minimum Gasteiger partial charge on any atom is -0.495 e. The predicted octanol–water partition coefficient (Wildman–Crippen LogP) is 2.56. The average molecular weight is 374 g/mol. The molecule has 0 saturated heterocycles. The number of rotatable bonds is 4. The molecule has 0 bridgehead atoms. The second-order valence-corrected chi connectivity index (χ2v) is 8.42. The summed E-state index contributed by atoms with van der Waals surface area (Å²) >= 11 is 0. The second-order valence-electron chi connectivity index (χ2n) is 6.43. The number of carbonyl (C=O) groups is 1. The monoisotopic (exact) mass is 374 g/mol. The van der Waals surface area contributed by atoms with Crippen LogP contribution < -0.4 is 15.4 Å². The smallest absolute Gasteiger partial charge is 0.255 e. The molecule has 138 valence electrons. The molecule has 2 aromatic carbocycles. The van der Waals surface area contributed by atoms with Gasteiger partial charge in [0.1, 0.15) is 10.6 Å². The van der Waals surface area contributed by atoms with E-state index in [0.29, 0.717) is 5.69 Å². The van der Waals surface area contributed by atoms with Crippen LogP contribution in [0, 0.1) is 0 Å². The van der Waals surface area contributed by atoms with Crippen molar-refractivity contribution in [2.24, 2.45) is 0 Å². The number of carbonyl (C=O) groups excluding carboxylic acids is 1. The van der Waals surface area contributed by atoms with Gasteiger partial charge in [0.05, 0.1) is 7.11 Å². The van der Waals surface area contributed by atoms with E-state index < -0.39 is 9.84 Å². The average Bonchev–Trinajstić information content (AvgIpc) is 2.61. The molecule has 1 heterocycles. The van der Waals surface area contributed by atoms with Crippen molar-refractivity contribution in [3.63, 3.8) is 0 Å². The maximum Gasteiger partial charge on any atom is 0.255 e. The molecule has 26 heavy (non-hydrogen) atoms. The molecule has 0 radical (unpaired) electrons. The normalized spacial score (nSPS) is 16.7. The molecule has 0 aliphatic carbocycles. The summed E-state index contributed by atoms with van der Waals surface area (Å²) in [6.07, 6.45) is 2.05. The van der Waals surface area contributed by atoms with E-state index in [2.05, 4.69) is 17.6 Å². The van der Waals surface area contributed by atoms with E-state index in [4.69, 9.17) is 4.74 Å². The summed E-state index contributed by atoms with van der Waals surface area (Å²) in [5.41, 5.74) is 3.38. The maximum atomic E-state index is 12.6. The van der Waals surface area contributed by atoms with Crippen molar-refractivity contribution in [3.8, 4) is 5.75 Å². The Bertz CT molecular complexity index is 954. The van der Waals surface area contributed by atoms with Gasteiger partial charge in [0, 0.05) is 23.5 Å². The summed E-state index contributed by atoms with van der Waals surface area (Å²) in [5, 5.41) is 6.24. The number of benzene rings is 2. The van der Waals surface area contributed by atoms with E-state index in [1.807, 2.05) is 18.2 Å². The number of hydrogen-bond donors (Lipinski definition) is 2. The summed E-state index contributed by atoms with van der Waals surface area (Å²) in [6, 6.07) is 10.5. The lowest BCUT2D eigenvalue weighted by Crippen LogP contribution is -2.27. The Morgan fingerprint density at radius 3 is 2.69 bits per heavy atom. The first-order chi connectivity index (χ1) is 12.3. The van der Waals surface area contributed by atoms with Crippen molar-refractivity contribution in [1.82, 2.24) is 5.32 Å². The number of sulfone groups is 1. The lowest BCUT2D eigenvalue weighted by Gasteiger charge is -2.24. The summed E-state index contributed by atoms with van der Waals surface area (Å²) in [6.45, 7) is 3.03. The van der Waals surface area contributed by atoms with Crippen LogP contribution in [-0.4, -0.2) is 34.2 Å². The fraction of sp³-hybridized carbons (Fsp3) is 0.316. The number of methoxy groups -OCH3 is 1. The highest BCUT2D eigenvalue weighted by molar-refractivity contribution is 7.90. The van der Waals surface area contributed by atoms with Crippen molar-refractivity contribution < 1.29 is 17.9 Å². The van der Waals surface area contributed by atoms with Gasteiger partial charge in [-0.15, -0.1) is 0 Å². The highest BCUT2D eigenvalue weighted by atomic mass is 32.2. The van der Waals surface area contributed by atoms with E-state index in [1.54, 1.807) is 6.07 Å². The molecule has 6 nitrogen and oxygen atoms in total. The minimum atomic E-state index is -3.51. The zero-order valence-corrected chi connectivity index (χ0v) is 15.8. The molecule has 0 aromatic heterocycles. The Labute approximate surface area is 153 Å². The van der Waals surface area contributed by atoms with Gasteiger partial charge in [0.2, 0.25) is 0 Å². The highest BCUT2D eigenvalue weighted by Gasteiger charge is 2.19. The lowest BCUT2D eigenvalue weighted by molar-refractivity contribution is 0.102. The van der Waals surface area contributed by atoms with Crippen LogP contribution in [0.25, 0.3) is 0 Å². The summed E-state index contributed by atoms with van der Waals surface area (Å²) in [4.78, 5) is 12.6. The zero-order valence-electron chi connectivity index (χ0n) is 15.0. The zero-order chi connectivity index (χ0) is 18.9. The number of amides is 1. The van der Waals surface area contributed by atoms with Crippen LogP contribution in [0.5, 0.6) is 5.75 Å². The van der Waals surface area contributed by atoms with Gasteiger partial charge in [-0.3, -0.25) is 4.79 Å². The van der Waals surface area contributed by atoms with E-state index >= 15 is 0 Å². The number of fused-ring (bicyclic) bond motifs is 1. The van der Waals surface area contributed by atoms with Crippen molar-refractivity contribution in [2.45, 2.75) is 24.3 Å². The van der Waals surface area contributed by atoms with E-state index in [1.165, 1.54) is 30.4 Å². The third kappa shape index (κ3) is 3.73. The molecular formula is C19H22N2O4S. The molecular weight excluding hydrogens is 352 g/mol. The van der Waals surface area contributed by atoms with Crippen molar-refractivity contribution in [3.05, 3.63) is 53.1 Å². The molecule has 0 saturated carbocycles. The highest BCUT2D eigenvalue weighted by Crippen LogP contribution is 2.27. The Morgan fingerprint density at radius 1 is 1.23 bits per heavy atom. The largest absolute Gasteiger partial charge is 0.495 e. The van der Waals surface area contributed by atoms with Gasteiger partial charge in [-0.05, 0) is 61.3 Å². The third-order valence-electron chi connectivity index (χ3n) is 4.54. The predicted molar refractivity (Wildman–Crippen MR) is 101 cm³/mol. The van der Waals surface area contributed by atoms with Gasteiger partial charge >= 0.3 is 0 Å². The topological polar surface area (TPSA) is 84.5 Å². The Morgan fingerprint density at radius 2 is 2.00 bits per heavy atom. The standard InChI is InChI=1S/C19H22N2O4S/c1-12-16-11-15(6-4-13(16)8-9-20-12)21-19(22)14-5-7-17(25-2)18(10-14)26(3,23)24/h4-7,10-12,20H,8-9H2,1-3H3,(H,21,22). The van der Waals surface area contributed by atoms with Crippen LogP contribution in [0.1, 0.15) is 34.5 Å². The number of nitrogens with one attached hydrogen (secondary N) is 2. The van der Waals surface area contributed by atoms with Gasteiger partial charge in [0.25, 0.3) is 5.91 Å². The minimum absolute atomic E-state index is 0.00378. The van der Waals surface area contributed by atoms with E-state index in [9.17, 15) is 13.2 Å². The van der Waals surface area contributed by atoms with Gasteiger partial charge in [0.15, 0.2) is 9.84 Å². The SMILES string of the molecule is COc1ccc(C(=O)Nc2ccc3c(c2)C(C)NCC3)cc1S(C)(=O)=O. The van der Waals surface area contributed by atoms with E-state index in [0.717, 1.165) is 19.2 Å². The van der Waals surface area contributed by atoms with Gasteiger partial charge < -0.3 is 15.4 Å². The Kier molecular flexibility index (Phi) is 5.02. The molecule has 1 amide bonds. The van der Waals surface area contributed by atoms with Crippen LogP contribution in [0.2, 0.25) is 0 Å². The number of anilines is 1. The van der Waals surface area contributed by atoms with Crippen molar-refractivity contribution in [2.75, 3.05) is 25.2 Å². The first-order valence-corrected chi connectivity index (χ1v) is 10.2. The third-order valence-corrected chi connectivity index (χ3v) is 5.66. The molecule has 2 aromatic rings. The van der Waals surface area contributed by atoms with Crippen LogP contribution in [0.4, 0.5) is 5.69 Å². The van der Waals surface area contributed by atoms with Gasteiger partial charge in [-0.25, -0.2) is 8.42 Å². The first kappa shape index (κ1) is 18.4. The molecule has 2 N–H and O–H groups in total. The lowest BCUT2D eigenvalue weighted by atomic mass is 9.95. The molecule has 1 atom stereocenters. The maximum absolute atomic E-state index is 12.6. The Balaban J connectivity index is 1.88. The molecule has 1 aliphatic heterocycles. The number of hydrogen-bond acceptors (Lipinski definition) is 5. The molecule has 1 unspecified atom stereocenters. The summed E-state index contributed by atoms with van der Waals surface area (Å²) in [7, 11) is -2.11. The van der Waals surface area contributed by atoms with E-state index in [-0.39, 0.29) is 28.2 Å². The van der Waals surface area contributed by atoms with Crippen molar-refractivity contribution >= 4 is 21.4 Å². The van der Waals surface area contributed by atoms with Crippen LogP contribution in [0.3, 0.4) is 0 Å². The van der Waals surface area contributed by atoms with Crippen LogP contribution >= 0.6 is 0 Å². The number of ether oxygens (including phenoxy) is 1. The summed E-state index contributed by atoms with van der Waals surface area (Å²) in [5.74, 6) is -0.147. The first-order valence-electron chi connectivity index (χ1n) is 8.35. The fourth-order valence-electron chi connectivity index (χ4n) is 3.15. The quantitative estimate of drug-likeness (QED) is 0.859. The van der Waals surface area contributed by atoms with Gasteiger partial charge in [-0.2, -0.15) is 0 Å². The van der Waals surface area contributed by atoms with Crippen LogP contribution in [-0.2, 0) is 16.3 Å². The molecule has 1 aliphatic rings. The second kappa shape index (κ2) is 7.09. The molecule has 0 fully saturated rings. The van der Waals surface area contributed by atoms with Crippen molar-refractivity contribution in [1.29, 1.82) is 0 Å². The fourth-order valence-corrected chi connectivity index (χ4v) is 4.01. The van der Waals surface area contributed by atoms with Crippen LogP contribution in [0.15, 0.2) is 41.3 Å². The molecule has 3 rings (SSSR count).